The van der Waals surface area contributed by atoms with Gasteiger partial charge in [0.15, 0.2) is 0 Å². The summed E-state index contributed by atoms with van der Waals surface area (Å²) in [5.41, 5.74) is 5.87. The Labute approximate surface area is 135 Å². The molecule has 124 valence electrons. The molecule has 2 rings (SSSR count). The lowest BCUT2D eigenvalue weighted by atomic mass is 10.1. The monoisotopic (exact) mass is 343 g/mol. The third-order valence-electron chi connectivity index (χ3n) is 3.13. The molecule has 2 aromatic rings. The number of hydrogen-bond donors (Lipinski definition) is 2. The number of carbonyl (C=O) groups is 1. The highest BCUT2D eigenvalue weighted by atomic mass is 32.1. The Kier molecular flexibility index (Phi) is 5.73. The van der Waals surface area contributed by atoms with Crippen molar-refractivity contribution in [3.8, 4) is 0 Å². The van der Waals surface area contributed by atoms with Gasteiger partial charge < -0.3 is 11.1 Å². The number of halogens is 3. The van der Waals surface area contributed by atoms with E-state index in [0.29, 0.717) is 23.5 Å². The van der Waals surface area contributed by atoms with Crippen molar-refractivity contribution in [2.24, 2.45) is 5.73 Å². The minimum absolute atomic E-state index is 0.0132. The Morgan fingerprint density at radius 2 is 2.00 bits per heavy atom. The summed E-state index contributed by atoms with van der Waals surface area (Å²) in [6, 6.07) is 6.25. The van der Waals surface area contributed by atoms with E-state index in [0.717, 1.165) is 0 Å². The van der Waals surface area contributed by atoms with Crippen LogP contribution in [0.4, 0.5) is 13.2 Å². The van der Waals surface area contributed by atoms with E-state index in [1.165, 1.54) is 16.7 Å². The van der Waals surface area contributed by atoms with E-state index < -0.39 is 18.1 Å². The lowest BCUT2D eigenvalue weighted by molar-refractivity contribution is -0.153. The van der Waals surface area contributed by atoms with Gasteiger partial charge in [-0.25, -0.2) is 4.98 Å². The molecule has 3 N–H and O–H groups in total. The van der Waals surface area contributed by atoms with E-state index in [1.807, 2.05) is 5.32 Å². The number of nitrogens with one attached hydrogen (secondary N) is 1. The molecule has 1 heterocycles. The molecular formula is C15H16F3N3OS. The molecule has 0 aliphatic rings. The first-order chi connectivity index (χ1) is 10.9. The largest absolute Gasteiger partial charge is 0.408 e. The molecule has 0 radical (unpaired) electrons. The molecule has 1 unspecified atom stereocenters. The fraction of sp³-hybridized carbons (Fsp3) is 0.333. The van der Waals surface area contributed by atoms with E-state index in [-0.39, 0.29) is 12.1 Å². The first-order valence-corrected chi connectivity index (χ1v) is 7.84. The van der Waals surface area contributed by atoms with Crippen LogP contribution in [0, 0.1) is 0 Å². The molecule has 1 atom stereocenters. The number of hydrogen-bond acceptors (Lipinski definition) is 4. The van der Waals surface area contributed by atoms with Gasteiger partial charge in [0.1, 0.15) is 11.7 Å². The van der Waals surface area contributed by atoms with Crippen LogP contribution in [0.1, 0.15) is 21.1 Å². The van der Waals surface area contributed by atoms with Crippen molar-refractivity contribution in [1.82, 2.24) is 10.3 Å². The number of nitrogens with zero attached hydrogens (tertiary/aromatic N) is 1. The van der Waals surface area contributed by atoms with Crippen LogP contribution < -0.4 is 11.1 Å². The molecule has 0 aliphatic heterocycles. The van der Waals surface area contributed by atoms with Crippen molar-refractivity contribution in [3.63, 3.8) is 0 Å². The third-order valence-corrected chi connectivity index (χ3v) is 4.03. The van der Waals surface area contributed by atoms with Gasteiger partial charge in [-0.3, -0.25) is 4.79 Å². The minimum Gasteiger partial charge on any atom is -0.339 e. The molecular weight excluding hydrogens is 327 g/mol. The van der Waals surface area contributed by atoms with Gasteiger partial charge in [0, 0.05) is 18.2 Å². The third kappa shape index (κ3) is 5.04. The number of amides is 1. The summed E-state index contributed by atoms with van der Waals surface area (Å²) in [5, 5.41) is 4.10. The number of carbonyl (C=O) groups excluding carboxylic acids is 1. The predicted octanol–water partition coefficient (Wildman–Crippen LogP) is 2.55. The number of nitrogens with two attached hydrogens (primary N) is 1. The first-order valence-electron chi connectivity index (χ1n) is 6.96. The summed E-state index contributed by atoms with van der Waals surface area (Å²) in [7, 11) is 0. The second kappa shape index (κ2) is 7.56. The van der Waals surface area contributed by atoms with Gasteiger partial charge in [0.05, 0.1) is 5.01 Å². The van der Waals surface area contributed by atoms with Crippen molar-refractivity contribution in [3.05, 3.63) is 52.0 Å². The van der Waals surface area contributed by atoms with E-state index in [4.69, 9.17) is 5.73 Å². The molecule has 1 aromatic heterocycles. The summed E-state index contributed by atoms with van der Waals surface area (Å²) in [6.45, 7) is 0.369. The number of benzene rings is 1. The quantitative estimate of drug-likeness (QED) is 0.847. The Morgan fingerprint density at radius 1 is 1.30 bits per heavy atom. The van der Waals surface area contributed by atoms with E-state index >= 15 is 0 Å². The molecule has 1 aromatic carbocycles. The first kappa shape index (κ1) is 17.4. The zero-order chi connectivity index (χ0) is 16.9. The molecule has 0 aliphatic carbocycles. The highest BCUT2D eigenvalue weighted by Gasteiger charge is 2.40. The van der Waals surface area contributed by atoms with Gasteiger partial charge in [-0.2, -0.15) is 13.2 Å². The van der Waals surface area contributed by atoms with Gasteiger partial charge in [0.25, 0.3) is 5.91 Å². The summed E-state index contributed by atoms with van der Waals surface area (Å²) in [5.74, 6) is -0.831. The molecule has 0 spiro atoms. The smallest absolute Gasteiger partial charge is 0.339 e. The Balaban J connectivity index is 2.09. The van der Waals surface area contributed by atoms with Crippen LogP contribution >= 0.6 is 11.3 Å². The number of thiazole rings is 1. The normalized spacial score (nSPS) is 12.9. The zero-order valence-corrected chi connectivity index (χ0v) is 13.0. The molecule has 0 saturated heterocycles. The number of aromatic nitrogens is 1. The van der Waals surface area contributed by atoms with E-state index in [9.17, 15) is 18.0 Å². The number of rotatable bonds is 6. The minimum atomic E-state index is -4.54. The summed E-state index contributed by atoms with van der Waals surface area (Å²) >= 11 is 1.21. The molecule has 0 fully saturated rings. The van der Waals surface area contributed by atoms with Crippen LogP contribution in [0.25, 0.3) is 0 Å². The van der Waals surface area contributed by atoms with Crippen LogP contribution in [0.5, 0.6) is 0 Å². The average Bonchev–Trinajstić information content (AvgIpc) is 2.96. The van der Waals surface area contributed by atoms with E-state index in [1.54, 1.807) is 30.3 Å². The second-order valence-corrected chi connectivity index (χ2v) is 5.87. The standard InChI is InChI=1S/C15H16F3N3OS/c16-15(17,18)12(8-10-4-2-1-3-5-10)21-14(22)11-9-23-13(20-11)6-7-19/h1-5,9,12H,6-8,19H2,(H,21,22). The maximum absolute atomic E-state index is 13.2. The maximum atomic E-state index is 13.2. The average molecular weight is 343 g/mol. The number of alkyl halides is 3. The Morgan fingerprint density at radius 3 is 2.61 bits per heavy atom. The van der Waals surface area contributed by atoms with Gasteiger partial charge in [-0.15, -0.1) is 11.3 Å². The van der Waals surface area contributed by atoms with Crippen molar-refractivity contribution >= 4 is 17.2 Å². The molecule has 0 saturated carbocycles. The van der Waals surface area contributed by atoms with E-state index in [2.05, 4.69) is 4.98 Å². The fourth-order valence-electron chi connectivity index (χ4n) is 1.98. The van der Waals surface area contributed by atoms with Gasteiger partial charge in [-0.1, -0.05) is 30.3 Å². The Hall–Kier alpha value is -1.93. The SMILES string of the molecule is NCCc1nc(C(=O)NC(Cc2ccccc2)C(F)(F)F)cs1. The van der Waals surface area contributed by atoms with Crippen molar-refractivity contribution in [2.45, 2.75) is 25.1 Å². The van der Waals surface area contributed by atoms with Crippen LogP contribution in [-0.4, -0.2) is 29.7 Å². The topological polar surface area (TPSA) is 68.0 Å². The van der Waals surface area contributed by atoms with Crippen LogP contribution in [0.15, 0.2) is 35.7 Å². The van der Waals surface area contributed by atoms with Crippen LogP contribution in [-0.2, 0) is 12.8 Å². The fourth-order valence-corrected chi connectivity index (χ4v) is 2.78. The van der Waals surface area contributed by atoms with Crippen LogP contribution in [0.2, 0.25) is 0 Å². The molecule has 8 heteroatoms. The predicted molar refractivity (Wildman–Crippen MR) is 82.3 cm³/mol. The molecule has 23 heavy (non-hydrogen) atoms. The van der Waals surface area contributed by atoms with Gasteiger partial charge >= 0.3 is 6.18 Å². The maximum Gasteiger partial charge on any atom is 0.408 e. The molecule has 4 nitrogen and oxygen atoms in total. The Bertz CT molecular complexity index is 643. The highest BCUT2D eigenvalue weighted by molar-refractivity contribution is 7.09. The van der Waals surface area contributed by atoms with Crippen LogP contribution in [0.3, 0.4) is 0 Å². The zero-order valence-electron chi connectivity index (χ0n) is 12.1. The molecule has 0 bridgehead atoms. The van der Waals surface area contributed by atoms with Crippen molar-refractivity contribution in [2.75, 3.05) is 6.54 Å². The lowest BCUT2D eigenvalue weighted by Gasteiger charge is -2.21. The summed E-state index contributed by atoms with van der Waals surface area (Å²) in [4.78, 5) is 16.0. The molecule has 1 amide bonds. The highest BCUT2D eigenvalue weighted by Crippen LogP contribution is 2.24. The van der Waals surface area contributed by atoms with Gasteiger partial charge in [-0.05, 0) is 12.1 Å². The lowest BCUT2D eigenvalue weighted by Crippen LogP contribution is -2.46. The van der Waals surface area contributed by atoms with Crippen molar-refractivity contribution in [1.29, 1.82) is 0 Å². The second-order valence-electron chi connectivity index (χ2n) is 4.92. The van der Waals surface area contributed by atoms with Crippen molar-refractivity contribution < 1.29 is 18.0 Å². The van der Waals surface area contributed by atoms with Gasteiger partial charge in [0.2, 0.25) is 0 Å². The summed E-state index contributed by atoms with van der Waals surface area (Å²) < 4.78 is 39.5. The summed E-state index contributed by atoms with van der Waals surface area (Å²) in [6.07, 6.45) is -4.37.